The van der Waals surface area contributed by atoms with Crippen LogP contribution in [0.2, 0.25) is 5.02 Å². The predicted molar refractivity (Wildman–Crippen MR) is 120 cm³/mol. The molecule has 0 aliphatic carbocycles. The van der Waals surface area contributed by atoms with Crippen LogP contribution >= 0.6 is 11.6 Å². The quantitative estimate of drug-likeness (QED) is 0.499. The first kappa shape index (κ1) is 21.8. The molecule has 0 saturated carbocycles. The summed E-state index contributed by atoms with van der Waals surface area (Å²) in [6, 6.07) is 11.0. The zero-order valence-electron chi connectivity index (χ0n) is 17.8. The Kier molecular flexibility index (Phi) is 5.84. The van der Waals surface area contributed by atoms with Crippen LogP contribution in [-0.4, -0.2) is 42.5 Å². The van der Waals surface area contributed by atoms with E-state index in [4.69, 9.17) is 25.5 Å². The Morgan fingerprint density at radius 1 is 1.16 bits per heavy atom. The SMILES string of the molecule is CCCN1C(=O)C(O)=C(C(=O)c2cc3cc(Cl)cc(OC)c3o2)C1c1ccc(OC)cc1. The average molecular weight is 456 g/mol. The fraction of sp³-hybridized carbons (Fsp3) is 0.250. The smallest absolute Gasteiger partial charge is 0.290 e. The number of fused-ring (bicyclic) bond motifs is 1. The summed E-state index contributed by atoms with van der Waals surface area (Å²) in [5, 5.41) is 11.7. The summed E-state index contributed by atoms with van der Waals surface area (Å²) in [5.74, 6) is -0.743. The summed E-state index contributed by atoms with van der Waals surface area (Å²) in [4.78, 5) is 27.9. The van der Waals surface area contributed by atoms with Crippen molar-refractivity contribution in [3.63, 3.8) is 0 Å². The number of benzene rings is 2. The van der Waals surface area contributed by atoms with Crippen LogP contribution < -0.4 is 9.47 Å². The predicted octanol–water partition coefficient (Wildman–Crippen LogP) is 5.09. The Morgan fingerprint density at radius 3 is 2.50 bits per heavy atom. The number of ether oxygens (including phenoxy) is 2. The molecule has 3 aromatic rings. The second kappa shape index (κ2) is 8.59. The number of rotatable bonds is 7. The van der Waals surface area contributed by atoms with E-state index in [1.54, 1.807) is 43.5 Å². The number of amides is 1. The standard InChI is InChI=1S/C24H22ClNO6/c1-4-9-26-20(13-5-7-16(30-2)8-6-13)19(22(28)24(26)29)21(27)17-11-14-10-15(25)12-18(31-3)23(14)32-17/h5-8,10-12,20,28H,4,9H2,1-3H3. The van der Waals surface area contributed by atoms with E-state index in [1.165, 1.54) is 18.1 Å². The highest BCUT2D eigenvalue weighted by molar-refractivity contribution is 6.31. The normalized spacial score (nSPS) is 16.2. The van der Waals surface area contributed by atoms with Crippen molar-refractivity contribution in [2.24, 2.45) is 0 Å². The molecule has 0 spiro atoms. The minimum Gasteiger partial charge on any atom is -0.503 e. The van der Waals surface area contributed by atoms with Crippen LogP contribution in [0.3, 0.4) is 0 Å². The van der Waals surface area contributed by atoms with Crippen molar-refractivity contribution < 1.29 is 28.6 Å². The van der Waals surface area contributed by atoms with Crippen LogP contribution in [0.15, 0.2) is 58.2 Å². The lowest BCUT2D eigenvalue weighted by atomic mass is 9.95. The summed E-state index contributed by atoms with van der Waals surface area (Å²) in [7, 11) is 3.03. The second-order valence-corrected chi connectivity index (χ2v) is 7.84. The Bertz CT molecular complexity index is 1230. The third kappa shape index (κ3) is 3.58. The van der Waals surface area contributed by atoms with Gasteiger partial charge in [0.05, 0.1) is 25.8 Å². The number of aliphatic hydroxyl groups excluding tert-OH is 1. The minimum absolute atomic E-state index is 0.0215. The molecule has 1 amide bonds. The molecule has 32 heavy (non-hydrogen) atoms. The van der Waals surface area contributed by atoms with Crippen molar-refractivity contribution in [1.82, 2.24) is 4.90 Å². The van der Waals surface area contributed by atoms with Gasteiger partial charge >= 0.3 is 0 Å². The second-order valence-electron chi connectivity index (χ2n) is 7.40. The van der Waals surface area contributed by atoms with E-state index in [0.717, 1.165) is 0 Å². The number of Topliss-reactive ketones (excluding diaryl/α,β-unsaturated/α-hetero) is 1. The third-order valence-electron chi connectivity index (χ3n) is 5.44. The number of methoxy groups -OCH3 is 2. The molecule has 1 aliphatic heterocycles. The molecule has 0 bridgehead atoms. The molecule has 0 radical (unpaired) electrons. The number of furan rings is 1. The number of hydrogen-bond donors (Lipinski definition) is 1. The lowest BCUT2D eigenvalue weighted by molar-refractivity contribution is -0.129. The molecule has 1 aliphatic rings. The Balaban J connectivity index is 1.82. The highest BCUT2D eigenvalue weighted by Gasteiger charge is 2.44. The Hall–Kier alpha value is -3.45. The van der Waals surface area contributed by atoms with Crippen molar-refractivity contribution in [1.29, 1.82) is 0 Å². The van der Waals surface area contributed by atoms with Gasteiger partial charge in [-0.15, -0.1) is 0 Å². The third-order valence-corrected chi connectivity index (χ3v) is 5.65. The van der Waals surface area contributed by atoms with Gasteiger partial charge in [0.1, 0.15) is 5.75 Å². The van der Waals surface area contributed by atoms with Gasteiger partial charge in [0.15, 0.2) is 22.9 Å². The molecule has 1 atom stereocenters. The van der Waals surface area contributed by atoms with E-state index < -0.39 is 23.5 Å². The number of carbonyl (C=O) groups is 2. The molecule has 2 aromatic carbocycles. The molecule has 1 aromatic heterocycles. The molecule has 8 heteroatoms. The molecule has 1 unspecified atom stereocenters. The van der Waals surface area contributed by atoms with E-state index in [0.29, 0.717) is 46.0 Å². The molecular weight excluding hydrogens is 434 g/mol. The van der Waals surface area contributed by atoms with Gasteiger partial charge < -0.3 is 23.9 Å². The van der Waals surface area contributed by atoms with Crippen LogP contribution in [0, 0.1) is 0 Å². The minimum atomic E-state index is -0.750. The molecule has 4 rings (SSSR count). The monoisotopic (exact) mass is 455 g/mol. The summed E-state index contributed by atoms with van der Waals surface area (Å²) in [6.45, 7) is 2.30. The van der Waals surface area contributed by atoms with Gasteiger partial charge in [0.2, 0.25) is 5.78 Å². The first-order valence-corrected chi connectivity index (χ1v) is 10.5. The van der Waals surface area contributed by atoms with Gasteiger partial charge in [-0.25, -0.2) is 0 Å². The van der Waals surface area contributed by atoms with Crippen molar-refractivity contribution >= 4 is 34.3 Å². The van der Waals surface area contributed by atoms with Crippen LogP contribution in [0.25, 0.3) is 11.0 Å². The number of carbonyl (C=O) groups excluding carboxylic acids is 2. The molecular formula is C24H22ClNO6. The van der Waals surface area contributed by atoms with Crippen LogP contribution in [0.4, 0.5) is 0 Å². The van der Waals surface area contributed by atoms with Crippen LogP contribution in [-0.2, 0) is 4.79 Å². The number of halogens is 1. The van der Waals surface area contributed by atoms with Crippen molar-refractivity contribution in [3.8, 4) is 11.5 Å². The number of nitrogens with zero attached hydrogens (tertiary/aromatic N) is 1. The van der Waals surface area contributed by atoms with Gasteiger partial charge in [-0.2, -0.15) is 0 Å². The van der Waals surface area contributed by atoms with E-state index in [9.17, 15) is 14.7 Å². The lowest BCUT2D eigenvalue weighted by Gasteiger charge is -2.26. The molecule has 166 valence electrons. The fourth-order valence-corrected chi connectivity index (χ4v) is 4.19. The summed E-state index contributed by atoms with van der Waals surface area (Å²) in [5.41, 5.74) is 1.01. The van der Waals surface area contributed by atoms with Gasteiger partial charge in [-0.3, -0.25) is 9.59 Å². The molecule has 1 N–H and O–H groups in total. The number of aliphatic hydroxyl groups is 1. The zero-order chi connectivity index (χ0) is 23.0. The van der Waals surface area contributed by atoms with Gasteiger partial charge in [-0.05, 0) is 36.2 Å². The maximum atomic E-state index is 13.5. The van der Waals surface area contributed by atoms with E-state index in [1.807, 2.05) is 6.92 Å². The summed E-state index contributed by atoms with van der Waals surface area (Å²) >= 11 is 6.13. The van der Waals surface area contributed by atoms with Crippen LogP contribution in [0.5, 0.6) is 11.5 Å². The van der Waals surface area contributed by atoms with Crippen molar-refractivity contribution in [3.05, 3.63) is 70.1 Å². The van der Waals surface area contributed by atoms with E-state index in [2.05, 4.69) is 0 Å². The average Bonchev–Trinajstić information content (AvgIpc) is 3.33. The largest absolute Gasteiger partial charge is 0.503 e. The Morgan fingerprint density at radius 2 is 1.88 bits per heavy atom. The van der Waals surface area contributed by atoms with Gasteiger partial charge in [0.25, 0.3) is 5.91 Å². The maximum absolute atomic E-state index is 13.5. The Labute approximate surface area is 189 Å². The van der Waals surface area contributed by atoms with Crippen molar-refractivity contribution in [2.75, 3.05) is 20.8 Å². The highest BCUT2D eigenvalue weighted by Crippen LogP contribution is 2.41. The lowest BCUT2D eigenvalue weighted by Crippen LogP contribution is -2.31. The fourth-order valence-electron chi connectivity index (χ4n) is 3.97. The van der Waals surface area contributed by atoms with Gasteiger partial charge in [-0.1, -0.05) is 30.7 Å². The molecule has 2 heterocycles. The maximum Gasteiger partial charge on any atom is 0.290 e. The first-order valence-electron chi connectivity index (χ1n) is 10.1. The number of hydrogen-bond acceptors (Lipinski definition) is 6. The van der Waals surface area contributed by atoms with Crippen LogP contribution in [0.1, 0.15) is 35.5 Å². The highest BCUT2D eigenvalue weighted by atomic mass is 35.5. The van der Waals surface area contributed by atoms with Gasteiger partial charge in [0, 0.05) is 23.0 Å². The topological polar surface area (TPSA) is 89.2 Å². The first-order chi connectivity index (χ1) is 15.4. The van der Waals surface area contributed by atoms with E-state index >= 15 is 0 Å². The van der Waals surface area contributed by atoms with Crippen molar-refractivity contribution in [2.45, 2.75) is 19.4 Å². The van der Waals surface area contributed by atoms with E-state index in [-0.39, 0.29) is 11.3 Å². The zero-order valence-corrected chi connectivity index (χ0v) is 18.6. The molecule has 7 nitrogen and oxygen atoms in total. The number of ketones is 1. The molecule has 0 fully saturated rings. The summed E-state index contributed by atoms with van der Waals surface area (Å²) in [6.07, 6.45) is 0.660. The summed E-state index contributed by atoms with van der Waals surface area (Å²) < 4.78 is 16.3. The molecule has 0 saturated heterocycles.